The highest BCUT2D eigenvalue weighted by atomic mass is 79.9. The van der Waals surface area contributed by atoms with Gasteiger partial charge in [0.1, 0.15) is 0 Å². The predicted molar refractivity (Wildman–Crippen MR) is 89.7 cm³/mol. The number of halogens is 1. The van der Waals surface area contributed by atoms with E-state index in [4.69, 9.17) is 17.0 Å². The summed E-state index contributed by atoms with van der Waals surface area (Å²) in [6, 6.07) is 7.40. The molecule has 6 heteroatoms. The van der Waals surface area contributed by atoms with E-state index < -0.39 is 0 Å². The number of hydrogen-bond acceptors (Lipinski definition) is 3. The van der Waals surface area contributed by atoms with E-state index in [2.05, 4.69) is 26.6 Å². The van der Waals surface area contributed by atoms with E-state index in [0.717, 1.165) is 10.0 Å². The molecule has 2 N–H and O–H groups in total. The molecule has 2 rings (SSSR count). The van der Waals surface area contributed by atoms with Gasteiger partial charge in [-0.1, -0.05) is 34.1 Å². The van der Waals surface area contributed by atoms with Gasteiger partial charge in [0.05, 0.1) is 17.7 Å². The molecule has 1 aliphatic heterocycles. The zero-order valence-corrected chi connectivity index (χ0v) is 14.5. The minimum absolute atomic E-state index is 0.174. The van der Waals surface area contributed by atoms with Crippen molar-refractivity contribution in [1.29, 1.82) is 0 Å². The topological polar surface area (TPSA) is 50.4 Å². The molecule has 1 heterocycles. The van der Waals surface area contributed by atoms with Crippen LogP contribution < -0.4 is 10.6 Å². The molecule has 0 saturated carbocycles. The molecule has 112 valence electrons. The number of ether oxygens (including phenoxy) is 1. The zero-order valence-electron chi connectivity index (χ0n) is 12.1. The number of rotatable bonds is 3. The lowest BCUT2D eigenvalue weighted by atomic mass is 9.96. The molecule has 1 atom stereocenters. The monoisotopic (exact) mass is 368 g/mol. The normalized spacial score (nSPS) is 18.3. The second-order valence-electron chi connectivity index (χ2n) is 5.05. The molecule has 0 amide bonds. The van der Waals surface area contributed by atoms with Crippen LogP contribution in [-0.2, 0) is 9.53 Å². The van der Waals surface area contributed by atoms with Crippen LogP contribution in [0.25, 0.3) is 0 Å². The first kappa shape index (κ1) is 16.0. The van der Waals surface area contributed by atoms with E-state index in [1.165, 1.54) is 0 Å². The lowest BCUT2D eigenvalue weighted by Crippen LogP contribution is -2.45. The van der Waals surface area contributed by atoms with Crippen LogP contribution in [0.15, 0.2) is 40.0 Å². The van der Waals surface area contributed by atoms with Gasteiger partial charge in [-0.25, -0.2) is 4.79 Å². The van der Waals surface area contributed by atoms with E-state index in [-0.39, 0.29) is 18.1 Å². The van der Waals surface area contributed by atoms with E-state index in [1.54, 1.807) is 0 Å². The van der Waals surface area contributed by atoms with Gasteiger partial charge in [-0.15, -0.1) is 0 Å². The molecule has 0 aliphatic carbocycles. The molecule has 1 aromatic carbocycles. The van der Waals surface area contributed by atoms with E-state index in [1.807, 2.05) is 45.0 Å². The third-order valence-electron chi connectivity index (χ3n) is 3.05. The number of benzene rings is 1. The SMILES string of the molecule is CC1=C(C(=O)OC(C)C)C(c2ccccc2Br)NC(=S)N1. The van der Waals surface area contributed by atoms with Crippen molar-refractivity contribution in [3.8, 4) is 0 Å². The zero-order chi connectivity index (χ0) is 15.6. The van der Waals surface area contributed by atoms with Gasteiger partial charge < -0.3 is 15.4 Å². The Kier molecular flexibility index (Phi) is 5.00. The molecule has 0 aromatic heterocycles. The van der Waals surface area contributed by atoms with Gasteiger partial charge in [0.2, 0.25) is 0 Å². The number of esters is 1. The number of allylic oxidation sites excluding steroid dienone is 1. The van der Waals surface area contributed by atoms with Gasteiger partial charge in [-0.2, -0.15) is 0 Å². The minimum Gasteiger partial charge on any atom is -0.459 e. The second-order valence-corrected chi connectivity index (χ2v) is 6.31. The second kappa shape index (κ2) is 6.58. The van der Waals surface area contributed by atoms with Crippen molar-refractivity contribution in [3.63, 3.8) is 0 Å². The van der Waals surface area contributed by atoms with Crippen LogP contribution in [0, 0.1) is 0 Å². The average Bonchev–Trinajstić information content (AvgIpc) is 2.37. The van der Waals surface area contributed by atoms with Crippen molar-refractivity contribution in [2.24, 2.45) is 0 Å². The van der Waals surface area contributed by atoms with Crippen LogP contribution in [-0.4, -0.2) is 17.2 Å². The summed E-state index contributed by atoms with van der Waals surface area (Å²) < 4.78 is 6.26. The molecule has 0 saturated heterocycles. The molecule has 21 heavy (non-hydrogen) atoms. The Bertz CT molecular complexity index is 613. The number of nitrogens with one attached hydrogen (secondary N) is 2. The molecule has 0 fully saturated rings. The Morgan fingerprint density at radius 1 is 1.38 bits per heavy atom. The van der Waals surface area contributed by atoms with Gasteiger partial charge in [0.15, 0.2) is 5.11 Å². The van der Waals surface area contributed by atoms with E-state index in [0.29, 0.717) is 16.4 Å². The maximum Gasteiger partial charge on any atom is 0.338 e. The molecular formula is C15H17BrN2O2S. The molecule has 0 bridgehead atoms. The fraction of sp³-hybridized carbons (Fsp3) is 0.333. The Morgan fingerprint density at radius 2 is 2.05 bits per heavy atom. The Balaban J connectivity index is 2.46. The van der Waals surface area contributed by atoms with Crippen LogP contribution in [0.3, 0.4) is 0 Å². The van der Waals surface area contributed by atoms with Gasteiger partial charge in [0, 0.05) is 10.2 Å². The smallest absolute Gasteiger partial charge is 0.338 e. The summed E-state index contributed by atoms with van der Waals surface area (Å²) in [5.74, 6) is -0.342. The fourth-order valence-corrected chi connectivity index (χ4v) is 2.97. The van der Waals surface area contributed by atoms with E-state index >= 15 is 0 Å². The summed E-state index contributed by atoms with van der Waals surface area (Å²) in [6.07, 6.45) is -0.174. The predicted octanol–water partition coefficient (Wildman–Crippen LogP) is 3.19. The van der Waals surface area contributed by atoms with Gasteiger partial charge in [-0.3, -0.25) is 0 Å². The third kappa shape index (κ3) is 3.63. The number of thiocarbonyl (C=S) groups is 1. The van der Waals surface area contributed by atoms with Crippen LogP contribution in [0.1, 0.15) is 32.4 Å². The number of carbonyl (C=O) groups is 1. The molecule has 0 spiro atoms. The molecule has 4 nitrogen and oxygen atoms in total. The number of hydrogen-bond donors (Lipinski definition) is 2. The fourth-order valence-electron chi connectivity index (χ4n) is 2.18. The van der Waals surface area contributed by atoms with Crippen LogP contribution >= 0.6 is 28.1 Å². The Hall–Kier alpha value is -1.40. The third-order valence-corrected chi connectivity index (χ3v) is 3.99. The summed E-state index contributed by atoms with van der Waals surface area (Å²) in [7, 11) is 0. The largest absolute Gasteiger partial charge is 0.459 e. The van der Waals surface area contributed by atoms with Gasteiger partial charge >= 0.3 is 5.97 Å². The first-order valence-corrected chi connectivity index (χ1v) is 7.84. The molecule has 1 aromatic rings. The highest BCUT2D eigenvalue weighted by Gasteiger charge is 2.32. The Labute approximate surface area is 138 Å². The van der Waals surface area contributed by atoms with E-state index in [9.17, 15) is 4.79 Å². The molecule has 0 radical (unpaired) electrons. The quantitative estimate of drug-likeness (QED) is 0.633. The molecule has 1 aliphatic rings. The van der Waals surface area contributed by atoms with Gasteiger partial charge in [0.25, 0.3) is 0 Å². The van der Waals surface area contributed by atoms with Crippen molar-refractivity contribution in [1.82, 2.24) is 10.6 Å². The maximum absolute atomic E-state index is 12.4. The number of carbonyl (C=O) groups excluding carboxylic acids is 1. The Morgan fingerprint density at radius 3 is 2.67 bits per heavy atom. The average molecular weight is 369 g/mol. The molecular weight excluding hydrogens is 352 g/mol. The first-order chi connectivity index (χ1) is 9.90. The highest BCUT2D eigenvalue weighted by molar-refractivity contribution is 9.10. The lowest BCUT2D eigenvalue weighted by molar-refractivity contribution is -0.143. The summed E-state index contributed by atoms with van der Waals surface area (Å²) >= 11 is 8.73. The van der Waals surface area contributed by atoms with Crippen LogP contribution in [0.4, 0.5) is 0 Å². The van der Waals surface area contributed by atoms with Crippen LogP contribution in [0.2, 0.25) is 0 Å². The van der Waals surface area contributed by atoms with Crippen LogP contribution in [0.5, 0.6) is 0 Å². The lowest BCUT2D eigenvalue weighted by Gasteiger charge is -2.30. The summed E-state index contributed by atoms with van der Waals surface area (Å²) in [5, 5.41) is 6.62. The van der Waals surface area contributed by atoms with Crippen molar-refractivity contribution in [3.05, 3.63) is 45.6 Å². The van der Waals surface area contributed by atoms with Crippen molar-refractivity contribution in [2.75, 3.05) is 0 Å². The molecule has 1 unspecified atom stereocenters. The minimum atomic E-state index is -0.342. The van der Waals surface area contributed by atoms with Crippen molar-refractivity contribution in [2.45, 2.75) is 32.9 Å². The standard InChI is InChI=1S/C15H17BrN2O2S/c1-8(2)20-14(19)12-9(3)17-15(21)18-13(12)10-6-4-5-7-11(10)16/h4-8,13H,1-3H3,(H2,17,18,21). The van der Waals surface area contributed by atoms with Crippen molar-refractivity contribution >= 4 is 39.2 Å². The highest BCUT2D eigenvalue weighted by Crippen LogP contribution is 2.32. The summed E-state index contributed by atoms with van der Waals surface area (Å²) in [4.78, 5) is 12.4. The first-order valence-electron chi connectivity index (χ1n) is 6.64. The maximum atomic E-state index is 12.4. The van der Waals surface area contributed by atoms with Gasteiger partial charge in [-0.05, 0) is 44.6 Å². The van der Waals surface area contributed by atoms with Crippen molar-refractivity contribution < 1.29 is 9.53 Å². The summed E-state index contributed by atoms with van der Waals surface area (Å²) in [5.41, 5.74) is 2.20. The summed E-state index contributed by atoms with van der Waals surface area (Å²) in [6.45, 7) is 5.49.